The number of benzene rings is 3. The second kappa shape index (κ2) is 8.71. The van der Waals surface area contributed by atoms with Gasteiger partial charge in [-0.25, -0.2) is 8.42 Å². The number of carbonyl (C=O) groups is 1. The van der Waals surface area contributed by atoms with Crippen LogP contribution in [-0.4, -0.2) is 27.4 Å². The molecule has 0 spiro atoms. The molecule has 1 heterocycles. The maximum absolute atomic E-state index is 12.8. The van der Waals surface area contributed by atoms with E-state index in [4.69, 9.17) is 0 Å². The fourth-order valence-corrected chi connectivity index (χ4v) is 5.06. The van der Waals surface area contributed by atoms with Gasteiger partial charge in [0, 0.05) is 18.7 Å². The van der Waals surface area contributed by atoms with E-state index < -0.39 is 9.84 Å². The van der Waals surface area contributed by atoms with Gasteiger partial charge in [0.05, 0.1) is 22.0 Å². The second-order valence-corrected chi connectivity index (χ2v) is 9.42. The summed E-state index contributed by atoms with van der Waals surface area (Å²) in [6.45, 7) is 1.99. The summed E-state index contributed by atoms with van der Waals surface area (Å²) in [6, 6.07) is 22.9. The highest BCUT2D eigenvalue weighted by atomic mass is 32.2. The molecule has 0 atom stereocenters. The third-order valence-corrected chi connectivity index (χ3v) is 6.98. The Morgan fingerprint density at radius 1 is 0.833 bits per heavy atom. The maximum atomic E-state index is 12.8. The van der Waals surface area contributed by atoms with Gasteiger partial charge in [0.25, 0.3) is 5.91 Å². The maximum Gasteiger partial charge on any atom is 0.255 e. The molecule has 0 saturated carbocycles. The summed E-state index contributed by atoms with van der Waals surface area (Å²) in [5.41, 5.74) is 2.97. The number of amides is 1. The van der Waals surface area contributed by atoms with Crippen molar-refractivity contribution in [3.63, 3.8) is 0 Å². The predicted octanol–water partition coefficient (Wildman–Crippen LogP) is 4.51. The van der Waals surface area contributed by atoms with Crippen molar-refractivity contribution in [1.29, 1.82) is 0 Å². The molecule has 0 bridgehead atoms. The summed E-state index contributed by atoms with van der Waals surface area (Å²) < 4.78 is 25.1. The van der Waals surface area contributed by atoms with Gasteiger partial charge in [-0.2, -0.15) is 0 Å². The number of hydrogen-bond acceptors (Lipinski definition) is 4. The molecule has 1 N–H and O–H groups in total. The van der Waals surface area contributed by atoms with Gasteiger partial charge in [-0.3, -0.25) is 4.79 Å². The summed E-state index contributed by atoms with van der Waals surface area (Å²) in [4.78, 5) is 15.3. The Labute approximate surface area is 177 Å². The Balaban J connectivity index is 1.47. The number of nitrogens with zero attached hydrogens (tertiary/aromatic N) is 1. The molecule has 30 heavy (non-hydrogen) atoms. The zero-order chi connectivity index (χ0) is 21.0. The van der Waals surface area contributed by atoms with Crippen molar-refractivity contribution in [2.45, 2.75) is 23.5 Å². The van der Waals surface area contributed by atoms with Gasteiger partial charge in [-0.15, -0.1) is 0 Å². The molecule has 3 aromatic carbocycles. The van der Waals surface area contributed by atoms with Crippen molar-refractivity contribution in [3.8, 4) is 0 Å². The molecule has 0 radical (unpaired) electrons. The molecule has 0 aliphatic carbocycles. The number of nitrogens with one attached hydrogen (secondary N) is 1. The smallest absolute Gasteiger partial charge is 0.255 e. The van der Waals surface area contributed by atoms with Gasteiger partial charge in [-0.1, -0.05) is 42.5 Å². The van der Waals surface area contributed by atoms with Crippen molar-refractivity contribution < 1.29 is 13.2 Å². The highest BCUT2D eigenvalue weighted by molar-refractivity contribution is 7.90. The van der Waals surface area contributed by atoms with Crippen molar-refractivity contribution >= 4 is 27.1 Å². The molecule has 1 fully saturated rings. The van der Waals surface area contributed by atoms with E-state index in [1.54, 1.807) is 54.6 Å². The fourth-order valence-electron chi connectivity index (χ4n) is 3.69. The molecular weight excluding hydrogens is 396 g/mol. The average molecular weight is 421 g/mol. The van der Waals surface area contributed by atoms with E-state index in [1.165, 1.54) is 0 Å². The van der Waals surface area contributed by atoms with E-state index >= 15 is 0 Å². The van der Waals surface area contributed by atoms with Crippen molar-refractivity contribution in [1.82, 2.24) is 0 Å². The molecule has 1 amide bonds. The molecule has 1 aliphatic heterocycles. The highest BCUT2D eigenvalue weighted by Crippen LogP contribution is 2.29. The summed E-state index contributed by atoms with van der Waals surface area (Å²) in [5, 5.41) is 3.00. The SMILES string of the molecule is O=C(Nc1ccccc1N1CCCC1)c1ccc(CS(=O)(=O)c2ccccc2)cc1. The van der Waals surface area contributed by atoms with Crippen LogP contribution in [0.1, 0.15) is 28.8 Å². The molecule has 5 nitrogen and oxygen atoms in total. The lowest BCUT2D eigenvalue weighted by molar-refractivity contribution is 0.102. The van der Waals surface area contributed by atoms with Crippen LogP contribution in [0.25, 0.3) is 0 Å². The lowest BCUT2D eigenvalue weighted by atomic mass is 10.1. The van der Waals surface area contributed by atoms with Gasteiger partial charge in [0.1, 0.15) is 0 Å². The zero-order valence-electron chi connectivity index (χ0n) is 16.6. The van der Waals surface area contributed by atoms with Crippen LogP contribution in [-0.2, 0) is 15.6 Å². The van der Waals surface area contributed by atoms with E-state index in [2.05, 4.69) is 10.2 Å². The third-order valence-electron chi connectivity index (χ3n) is 5.27. The minimum atomic E-state index is -3.42. The van der Waals surface area contributed by atoms with Crippen molar-refractivity contribution in [2.75, 3.05) is 23.3 Å². The largest absolute Gasteiger partial charge is 0.370 e. The van der Waals surface area contributed by atoms with Crippen LogP contribution in [0, 0.1) is 0 Å². The van der Waals surface area contributed by atoms with E-state index in [9.17, 15) is 13.2 Å². The van der Waals surface area contributed by atoms with Gasteiger partial charge in [0.2, 0.25) is 0 Å². The monoisotopic (exact) mass is 420 g/mol. The predicted molar refractivity (Wildman–Crippen MR) is 120 cm³/mol. The minimum Gasteiger partial charge on any atom is -0.370 e. The number of anilines is 2. The second-order valence-electron chi connectivity index (χ2n) is 7.43. The van der Waals surface area contributed by atoms with Crippen molar-refractivity contribution in [3.05, 3.63) is 90.0 Å². The molecule has 1 saturated heterocycles. The number of rotatable bonds is 6. The fraction of sp³-hybridized carbons (Fsp3) is 0.208. The van der Waals surface area contributed by atoms with Crippen LogP contribution >= 0.6 is 0 Å². The standard InChI is InChI=1S/C24H24N2O3S/c27-24(25-22-10-4-5-11-23(22)26-16-6-7-17-26)20-14-12-19(13-15-20)18-30(28,29)21-8-2-1-3-9-21/h1-5,8-15H,6-7,16-18H2,(H,25,27). The van der Waals surface area contributed by atoms with Gasteiger partial charge in [0.15, 0.2) is 9.84 Å². The van der Waals surface area contributed by atoms with E-state index in [0.717, 1.165) is 37.3 Å². The number of para-hydroxylation sites is 2. The molecule has 4 rings (SSSR count). The van der Waals surface area contributed by atoms with Gasteiger partial charge >= 0.3 is 0 Å². The first-order chi connectivity index (χ1) is 14.5. The zero-order valence-corrected chi connectivity index (χ0v) is 17.4. The third kappa shape index (κ3) is 4.54. The van der Waals surface area contributed by atoms with Crippen LogP contribution in [0.4, 0.5) is 11.4 Å². The van der Waals surface area contributed by atoms with E-state index in [-0.39, 0.29) is 11.7 Å². The first kappa shape index (κ1) is 20.2. The highest BCUT2D eigenvalue weighted by Gasteiger charge is 2.18. The lowest BCUT2D eigenvalue weighted by Gasteiger charge is -2.21. The topological polar surface area (TPSA) is 66.5 Å². The lowest BCUT2D eigenvalue weighted by Crippen LogP contribution is -2.21. The number of carbonyl (C=O) groups excluding carboxylic acids is 1. The summed E-state index contributed by atoms with van der Waals surface area (Å²) in [5.74, 6) is -0.310. The molecule has 3 aromatic rings. The van der Waals surface area contributed by atoms with E-state index in [1.807, 2.05) is 24.3 Å². The molecular formula is C24H24N2O3S. The van der Waals surface area contributed by atoms with Gasteiger partial charge < -0.3 is 10.2 Å². The number of hydrogen-bond donors (Lipinski definition) is 1. The number of sulfone groups is 1. The Morgan fingerprint density at radius 3 is 2.17 bits per heavy atom. The normalized spacial score (nSPS) is 13.9. The Hall–Kier alpha value is -3.12. The van der Waals surface area contributed by atoms with Crippen LogP contribution in [0.15, 0.2) is 83.8 Å². The quantitative estimate of drug-likeness (QED) is 0.637. The Bertz CT molecular complexity index is 1120. The van der Waals surface area contributed by atoms with Crippen molar-refractivity contribution in [2.24, 2.45) is 0 Å². The first-order valence-corrected chi connectivity index (χ1v) is 11.7. The molecule has 0 unspecified atom stereocenters. The summed E-state index contributed by atoms with van der Waals surface area (Å²) in [6.07, 6.45) is 2.32. The Kier molecular flexibility index (Phi) is 5.86. The molecule has 0 aromatic heterocycles. The first-order valence-electron chi connectivity index (χ1n) is 10.0. The van der Waals surface area contributed by atoms with Crippen LogP contribution in [0.2, 0.25) is 0 Å². The van der Waals surface area contributed by atoms with Crippen LogP contribution in [0.5, 0.6) is 0 Å². The minimum absolute atomic E-state index is 0.100. The van der Waals surface area contributed by atoms with Crippen LogP contribution in [0.3, 0.4) is 0 Å². The van der Waals surface area contributed by atoms with Crippen LogP contribution < -0.4 is 10.2 Å². The summed E-state index contributed by atoms with van der Waals surface area (Å²) >= 11 is 0. The molecule has 154 valence electrons. The van der Waals surface area contributed by atoms with E-state index in [0.29, 0.717) is 16.0 Å². The summed E-state index contributed by atoms with van der Waals surface area (Å²) in [7, 11) is -3.42. The Morgan fingerprint density at radius 2 is 1.47 bits per heavy atom. The van der Waals surface area contributed by atoms with Gasteiger partial charge in [-0.05, 0) is 54.8 Å². The average Bonchev–Trinajstić information content (AvgIpc) is 3.30. The molecule has 1 aliphatic rings. The molecule has 6 heteroatoms.